The van der Waals surface area contributed by atoms with Gasteiger partial charge in [0, 0.05) is 0 Å². The van der Waals surface area contributed by atoms with Gasteiger partial charge in [0.25, 0.3) is 0 Å². The van der Waals surface area contributed by atoms with Gasteiger partial charge < -0.3 is 14.5 Å². The van der Waals surface area contributed by atoms with E-state index in [9.17, 15) is 4.79 Å². The van der Waals surface area contributed by atoms with Gasteiger partial charge in [0.2, 0.25) is 5.91 Å². The van der Waals surface area contributed by atoms with Crippen molar-refractivity contribution in [2.24, 2.45) is 0 Å². The quantitative estimate of drug-likeness (QED) is 0.0934. The van der Waals surface area contributed by atoms with Gasteiger partial charge in [0.05, 0.1) is 46.3 Å². The van der Waals surface area contributed by atoms with Crippen LogP contribution in [0, 0.1) is 0 Å². The number of likely N-dealkylation sites (tertiary alicyclic amines) is 1. The van der Waals surface area contributed by atoms with Crippen LogP contribution in [0.2, 0.25) is 0 Å². The predicted octanol–water partition coefficient (Wildman–Crippen LogP) is 8.39. The summed E-state index contributed by atoms with van der Waals surface area (Å²) in [5.41, 5.74) is 1.05. The highest BCUT2D eigenvalue weighted by atomic mass is 16.5. The molecule has 0 bridgehead atoms. The van der Waals surface area contributed by atoms with Crippen LogP contribution in [-0.2, 0) is 11.2 Å². The molecule has 1 aromatic rings. The fourth-order valence-corrected chi connectivity index (χ4v) is 5.46. The number of amides is 1. The molecule has 1 aliphatic heterocycles. The first kappa shape index (κ1) is 32.4. The summed E-state index contributed by atoms with van der Waals surface area (Å²) in [5.74, 6) is 1.02. The third-order valence-electron chi connectivity index (χ3n) is 8.08. The van der Waals surface area contributed by atoms with Crippen LogP contribution < -0.4 is 10.1 Å². The smallest absolute Gasteiger partial charge is 0.224 e. The Kier molecular flexibility index (Phi) is 18.0. The molecule has 0 saturated carbocycles. The number of benzene rings is 1. The summed E-state index contributed by atoms with van der Waals surface area (Å²) in [7, 11) is 2.32. The minimum atomic E-state index is 0.117. The zero-order valence-corrected chi connectivity index (χ0v) is 25.0. The summed E-state index contributed by atoms with van der Waals surface area (Å²) in [4.78, 5) is 12.3. The summed E-state index contributed by atoms with van der Waals surface area (Å²) in [6.45, 7) is 7.35. The molecule has 1 amide bonds. The Balaban J connectivity index is 1.40. The number of carbonyl (C=O) groups is 1. The number of nitrogens with zero attached hydrogens (tertiary/aromatic N) is 1. The molecule has 0 atom stereocenters. The van der Waals surface area contributed by atoms with Crippen molar-refractivity contribution >= 4 is 5.91 Å². The van der Waals surface area contributed by atoms with Crippen LogP contribution in [0.4, 0.5) is 0 Å². The lowest BCUT2D eigenvalue weighted by molar-refractivity contribution is -0.912. The first-order chi connectivity index (χ1) is 18.6. The molecule has 0 radical (unpaired) electrons. The molecule has 4 heteroatoms. The van der Waals surface area contributed by atoms with Crippen molar-refractivity contribution in [2.45, 2.75) is 122 Å². The standard InChI is InChI=1S/C34H58N2O2/c1-3-4-5-6-7-8-9-10-11-12-13-14-15-16-17-21-30-38-33-24-22-32(23-25-33)31-34(37)35-26-29-36(2)27-19-18-20-28-36/h10-11,22-25H,3-9,12-21,26-31H2,1-2H3/p+1/b11-10-. The maximum atomic E-state index is 12.3. The zero-order chi connectivity index (χ0) is 27.2. The van der Waals surface area contributed by atoms with Crippen molar-refractivity contribution in [3.8, 4) is 5.75 Å². The molecule has 0 aromatic heterocycles. The third-order valence-corrected chi connectivity index (χ3v) is 8.08. The second-order valence-electron chi connectivity index (χ2n) is 11.8. The Labute approximate surface area is 235 Å². The summed E-state index contributed by atoms with van der Waals surface area (Å²) >= 11 is 0. The zero-order valence-electron chi connectivity index (χ0n) is 25.0. The molecular weight excluding hydrogens is 468 g/mol. The minimum absolute atomic E-state index is 0.117. The van der Waals surface area contributed by atoms with Gasteiger partial charge in [-0.2, -0.15) is 0 Å². The van der Waals surface area contributed by atoms with Crippen LogP contribution in [0.5, 0.6) is 5.75 Å². The van der Waals surface area contributed by atoms with Crippen molar-refractivity contribution in [3.05, 3.63) is 42.0 Å². The molecule has 2 rings (SSSR count). The summed E-state index contributed by atoms with van der Waals surface area (Å²) < 4.78 is 7.02. The largest absolute Gasteiger partial charge is 0.494 e. The van der Waals surface area contributed by atoms with Gasteiger partial charge in [-0.05, 0) is 69.1 Å². The first-order valence-corrected chi connectivity index (χ1v) is 16.1. The van der Waals surface area contributed by atoms with Crippen molar-refractivity contribution in [3.63, 3.8) is 0 Å². The van der Waals surface area contributed by atoms with Gasteiger partial charge in [-0.15, -0.1) is 0 Å². The number of carbonyl (C=O) groups excluding carboxylic acids is 1. The van der Waals surface area contributed by atoms with Gasteiger partial charge in [-0.1, -0.05) is 89.0 Å². The normalized spacial score (nSPS) is 15.1. The SMILES string of the molecule is CCCCCCCC/C=C\CCCCCCCCOc1ccc(CC(=O)NCC[N+]2(C)CCCCC2)cc1. The number of quaternary nitrogens is 1. The molecule has 0 aliphatic carbocycles. The van der Waals surface area contributed by atoms with Crippen LogP contribution in [0.25, 0.3) is 0 Å². The average Bonchev–Trinajstić information content (AvgIpc) is 2.91. The number of hydrogen-bond donors (Lipinski definition) is 1. The maximum absolute atomic E-state index is 12.3. The number of allylic oxidation sites excluding steroid dienone is 2. The van der Waals surface area contributed by atoms with Crippen molar-refractivity contribution in [2.75, 3.05) is 39.8 Å². The Morgan fingerprint density at radius 2 is 1.39 bits per heavy atom. The van der Waals surface area contributed by atoms with Crippen molar-refractivity contribution in [1.29, 1.82) is 0 Å². The number of piperidine rings is 1. The fraction of sp³-hybridized carbons (Fsp3) is 0.735. The van der Waals surface area contributed by atoms with Crippen molar-refractivity contribution in [1.82, 2.24) is 5.32 Å². The number of rotatable bonds is 22. The van der Waals surface area contributed by atoms with E-state index in [1.807, 2.05) is 24.3 Å². The van der Waals surface area contributed by atoms with Crippen LogP contribution >= 0.6 is 0 Å². The van der Waals surface area contributed by atoms with E-state index in [1.54, 1.807) is 0 Å². The van der Waals surface area contributed by atoms with Gasteiger partial charge >= 0.3 is 0 Å². The average molecular weight is 528 g/mol. The fourth-order valence-electron chi connectivity index (χ4n) is 5.46. The lowest BCUT2D eigenvalue weighted by Crippen LogP contribution is -2.51. The topological polar surface area (TPSA) is 38.3 Å². The van der Waals surface area contributed by atoms with E-state index in [1.165, 1.54) is 116 Å². The summed E-state index contributed by atoms with van der Waals surface area (Å²) in [5, 5.41) is 3.12. The van der Waals surface area contributed by atoms with Crippen LogP contribution in [0.1, 0.15) is 122 Å². The van der Waals surface area contributed by atoms with E-state index in [0.717, 1.165) is 41.9 Å². The Hall–Kier alpha value is -1.81. The van der Waals surface area contributed by atoms with E-state index in [-0.39, 0.29) is 5.91 Å². The first-order valence-electron chi connectivity index (χ1n) is 16.1. The monoisotopic (exact) mass is 527 g/mol. The molecule has 1 aromatic carbocycles. The van der Waals surface area contributed by atoms with Crippen LogP contribution in [-0.4, -0.2) is 50.2 Å². The molecule has 1 N–H and O–H groups in total. The van der Waals surface area contributed by atoms with Gasteiger partial charge in [0.15, 0.2) is 0 Å². The third kappa shape index (κ3) is 16.2. The highest BCUT2D eigenvalue weighted by Gasteiger charge is 2.24. The second kappa shape index (κ2) is 21.1. The van der Waals surface area contributed by atoms with Crippen LogP contribution in [0.3, 0.4) is 0 Å². The Morgan fingerprint density at radius 1 is 0.816 bits per heavy atom. The van der Waals surface area contributed by atoms with E-state index >= 15 is 0 Å². The number of unbranched alkanes of at least 4 members (excludes halogenated alkanes) is 12. The second-order valence-corrected chi connectivity index (χ2v) is 11.8. The lowest BCUT2D eigenvalue weighted by Gasteiger charge is -2.37. The van der Waals surface area contributed by atoms with E-state index in [0.29, 0.717) is 6.42 Å². The van der Waals surface area contributed by atoms with E-state index in [2.05, 4.69) is 31.4 Å². The highest BCUT2D eigenvalue weighted by molar-refractivity contribution is 5.78. The van der Waals surface area contributed by atoms with E-state index in [4.69, 9.17) is 4.74 Å². The number of hydrogen-bond acceptors (Lipinski definition) is 2. The highest BCUT2D eigenvalue weighted by Crippen LogP contribution is 2.16. The number of ether oxygens (including phenoxy) is 1. The molecule has 0 unspecified atom stereocenters. The number of likely N-dealkylation sites (N-methyl/N-ethyl adjacent to an activating group) is 1. The molecule has 1 fully saturated rings. The van der Waals surface area contributed by atoms with Crippen LogP contribution in [0.15, 0.2) is 36.4 Å². The molecule has 1 aliphatic rings. The molecule has 1 saturated heterocycles. The summed E-state index contributed by atoms with van der Waals surface area (Å²) in [6, 6.07) is 8.05. The predicted molar refractivity (Wildman–Crippen MR) is 163 cm³/mol. The van der Waals surface area contributed by atoms with Gasteiger partial charge in [-0.3, -0.25) is 4.79 Å². The molecule has 0 spiro atoms. The minimum Gasteiger partial charge on any atom is -0.494 e. The molecule has 216 valence electrons. The van der Waals surface area contributed by atoms with Crippen molar-refractivity contribution < 1.29 is 14.0 Å². The molecule has 38 heavy (non-hydrogen) atoms. The Bertz CT molecular complexity index is 737. The maximum Gasteiger partial charge on any atom is 0.224 e. The molecule has 4 nitrogen and oxygen atoms in total. The van der Waals surface area contributed by atoms with E-state index < -0.39 is 0 Å². The molecule has 1 heterocycles. The van der Waals surface area contributed by atoms with Gasteiger partial charge in [0.1, 0.15) is 5.75 Å². The summed E-state index contributed by atoms with van der Waals surface area (Å²) in [6.07, 6.45) is 27.7. The lowest BCUT2D eigenvalue weighted by atomic mass is 10.1. The molecular formula is C34H59N2O2+. The van der Waals surface area contributed by atoms with Gasteiger partial charge in [-0.25, -0.2) is 0 Å². The number of nitrogens with one attached hydrogen (secondary N) is 1. The Morgan fingerprint density at radius 3 is 2.03 bits per heavy atom.